The lowest BCUT2D eigenvalue weighted by atomic mass is 9.63. The Morgan fingerprint density at radius 1 is 1.22 bits per heavy atom. The fourth-order valence-corrected chi connectivity index (χ4v) is 4.49. The number of nitrogens with zero attached hydrogens (tertiary/aromatic N) is 1. The number of nitrogens with two attached hydrogens (primary N) is 1. The molecule has 0 aromatic carbocycles. The Morgan fingerprint density at radius 2 is 1.78 bits per heavy atom. The van der Waals surface area contributed by atoms with Crippen LogP contribution in [0, 0.1) is 11.3 Å². The molecule has 1 fully saturated rings. The van der Waals surface area contributed by atoms with Crippen LogP contribution in [0.4, 0.5) is 0 Å². The summed E-state index contributed by atoms with van der Waals surface area (Å²) in [4.78, 5) is 2.62. The van der Waals surface area contributed by atoms with Crippen LogP contribution in [0.5, 0.6) is 0 Å². The summed E-state index contributed by atoms with van der Waals surface area (Å²) in [7, 11) is 2.30. The minimum absolute atomic E-state index is 0.220. The van der Waals surface area contributed by atoms with Crippen molar-refractivity contribution < 1.29 is 0 Å². The molecule has 2 atom stereocenters. The van der Waals surface area contributed by atoms with Crippen LogP contribution < -0.4 is 5.73 Å². The van der Waals surface area contributed by atoms with Crippen LogP contribution in [0.2, 0.25) is 0 Å². The second kappa shape index (κ2) is 5.92. The number of hydrogen-bond acceptors (Lipinski definition) is 2. The third-order valence-corrected chi connectivity index (χ3v) is 5.06. The Labute approximate surface area is 114 Å². The van der Waals surface area contributed by atoms with E-state index >= 15 is 0 Å². The van der Waals surface area contributed by atoms with E-state index in [0.717, 1.165) is 12.5 Å². The van der Waals surface area contributed by atoms with E-state index in [1.165, 1.54) is 32.1 Å². The standard InChI is InChI=1S/C16H34N2/c1-7-14(8-2)18(6)16(12-17)10-13(3)9-15(4,5)11-16/h13-14H,7-12,17H2,1-6H3. The normalized spacial score (nSPS) is 32.2. The van der Waals surface area contributed by atoms with Gasteiger partial charge < -0.3 is 5.73 Å². The summed E-state index contributed by atoms with van der Waals surface area (Å²) in [5, 5.41) is 0. The van der Waals surface area contributed by atoms with Crippen molar-refractivity contribution in [3.8, 4) is 0 Å². The number of likely N-dealkylation sites (N-methyl/N-ethyl adjacent to an activating group) is 1. The van der Waals surface area contributed by atoms with Crippen LogP contribution in [-0.4, -0.2) is 30.1 Å². The van der Waals surface area contributed by atoms with Crippen LogP contribution in [0.3, 0.4) is 0 Å². The number of rotatable bonds is 5. The maximum Gasteiger partial charge on any atom is 0.0339 e. The largest absolute Gasteiger partial charge is 0.329 e. The van der Waals surface area contributed by atoms with Crippen molar-refractivity contribution in [3.63, 3.8) is 0 Å². The maximum absolute atomic E-state index is 6.23. The Kier molecular flexibility index (Phi) is 5.25. The molecule has 0 amide bonds. The number of hydrogen-bond donors (Lipinski definition) is 1. The summed E-state index contributed by atoms with van der Waals surface area (Å²) >= 11 is 0. The smallest absolute Gasteiger partial charge is 0.0339 e. The summed E-state index contributed by atoms with van der Waals surface area (Å²) in [6.07, 6.45) is 6.30. The van der Waals surface area contributed by atoms with Crippen LogP contribution in [0.25, 0.3) is 0 Å². The van der Waals surface area contributed by atoms with E-state index in [-0.39, 0.29) is 5.54 Å². The van der Waals surface area contributed by atoms with Crippen molar-refractivity contribution in [1.29, 1.82) is 0 Å². The van der Waals surface area contributed by atoms with E-state index in [2.05, 4.69) is 46.6 Å². The van der Waals surface area contributed by atoms with E-state index in [0.29, 0.717) is 11.5 Å². The highest BCUT2D eigenvalue weighted by molar-refractivity contribution is 5.01. The highest BCUT2D eigenvalue weighted by Crippen LogP contribution is 2.46. The molecule has 0 aromatic heterocycles. The first-order valence-electron chi connectivity index (χ1n) is 7.73. The van der Waals surface area contributed by atoms with Gasteiger partial charge in [0.1, 0.15) is 0 Å². The highest BCUT2D eigenvalue weighted by Gasteiger charge is 2.45. The molecule has 1 rings (SSSR count). The van der Waals surface area contributed by atoms with Crippen LogP contribution in [-0.2, 0) is 0 Å². The minimum Gasteiger partial charge on any atom is -0.329 e. The summed E-state index contributed by atoms with van der Waals surface area (Å²) in [6, 6.07) is 0.676. The molecule has 2 unspecified atom stereocenters. The molecule has 0 aromatic rings. The van der Waals surface area contributed by atoms with Gasteiger partial charge in [0.15, 0.2) is 0 Å². The van der Waals surface area contributed by atoms with Gasteiger partial charge >= 0.3 is 0 Å². The molecule has 1 saturated carbocycles. The van der Waals surface area contributed by atoms with Gasteiger partial charge in [-0.15, -0.1) is 0 Å². The molecule has 1 aliphatic carbocycles. The zero-order valence-electron chi connectivity index (χ0n) is 13.4. The van der Waals surface area contributed by atoms with Crippen LogP contribution >= 0.6 is 0 Å². The monoisotopic (exact) mass is 254 g/mol. The maximum atomic E-state index is 6.23. The average molecular weight is 254 g/mol. The first kappa shape index (κ1) is 16.0. The van der Waals surface area contributed by atoms with Crippen molar-refractivity contribution in [3.05, 3.63) is 0 Å². The lowest BCUT2D eigenvalue weighted by molar-refractivity contribution is -0.0216. The van der Waals surface area contributed by atoms with E-state index in [1.54, 1.807) is 0 Å². The van der Waals surface area contributed by atoms with Crippen molar-refractivity contribution in [2.75, 3.05) is 13.6 Å². The van der Waals surface area contributed by atoms with Gasteiger partial charge in [-0.25, -0.2) is 0 Å². The topological polar surface area (TPSA) is 29.3 Å². The first-order valence-corrected chi connectivity index (χ1v) is 7.73. The molecular weight excluding hydrogens is 220 g/mol. The Bertz CT molecular complexity index is 258. The van der Waals surface area contributed by atoms with Crippen LogP contribution in [0.1, 0.15) is 66.7 Å². The van der Waals surface area contributed by atoms with Gasteiger partial charge in [0.05, 0.1) is 0 Å². The highest BCUT2D eigenvalue weighted by atomic mass is 15.2. The lowest BCUT2D eigenvalue weighted by Gasteiger charge is -2.54. The van der Waals surface area contributed by atoms with E-state index in [1.807, 2.05) is 0 Å². The van der Waals surface area contributed by atoms with Crippen molar-refractivity contribution in [2.24, 2.45) is 17.1 Å². The zero-order chi connectivity index (χ0) is 14.0. The SMILES string of the molecule is CCC(CC)N(C)C1(CN)CC(C)CC(C)(C)C1. The molecule has 2 N–H and O–H groups in total. The van der Waals surface area contributed by atoms with Crippen LogP contribution in [0.15, 0.2) is 0 Å². The molecule has 2 nitrogen and oxygen atoms in total. The Hall–Kier alpha value is -0.0800. The molecule has 0 heterocycles. The van der Waals surface area contributed by atoms with Crippen molar-refractivity contribution in [1.82, 2.24) is 4.90 Å². The third-order valence-electron chi connectivity index (χ3n) is 5.06. The van der Waals surface area contributed by atoms with Gasteiger partial charge in [-0.2, -0.15) is 0 Å². The quantitative estimate of drug-likeness (QED) is 0.811. The minimum atomic E-state index is 0.220. The summed E-state index contributed by atoms with van der Waals surface area (Å²) in [5.74, 6) is 0.786. The fraction of sp³-hybridized carbons (Fsp3) is 1.00. The van der Waals surface area contributed by atoms with Gasteiger partial charge in [0, 0.05) is 18.1 Å². The molecule has 0 radical (unpaired) electrons. The predicted molar refractivity (Wildman–Crippen MR) is 80.7 cm³/mol. The van der Waals surface area contributed by atoms with Crippen molar-refractivity contribution in [2.45, 2.75) is 78.3 Å². The van der Waals surface area contributed by atoms with Crippen molar-refractivity contribution >= 4 is 0 Å². The van der Waals surface area contributed by atoms with Gasteiger partial charge in [0.25, 0.3) is 0 Å². The Balaban J connectivity index is 2.96. The molecule has 108 valence electrons. The summed E-state index contributed by atoms with van der Waals surface area (Å²) in [6.45, 7) is 12.6. The second-order valence-electron chi connectivity index (χ2n) is 7.36. The molecule has 0 saturated heterocycles. The molecule has 0 bridgehead atoms. The average Bonchev–Trinajstić information content (AvgIpc) is 2.27. The predicted octanol–water partition coefficient (Wildman–Crippen LogP) is 3.65. The zero-order valence-corrected chi connectivity index (χ0v) is 13.4. The Morgan fingerprint density at radius 3 is 2.17 bits per heavy atom. The third kappa shape index (κ3) is 3.27. The van der Waals surface area contributed by atoms with Gasteiger partial charge in [-0.3, -0.25) is 4.90 Å². The molecule has 1 aliphatic rings. The van der Waals surface area contributed by atoms with E-state index < -0.39 is 0 Å². The molecule has 2 heteroatoms. The lowest BCUT2D eigenvalue weighted by Crippen LogP contribution is -2.60. The van der Waals surface area contributed by atoms with E-state index in [4.69, 9.17) is 5.73 Å². The second-order valence-corrected chi connectivity index (χ2v) is 7.36. The fourth-order valence-electron chi connectivity index (χ4n) is 4.49. The summed E-state index contributed by atoms with van der Waals surface area (Å²) in [5.41, 5.74) is 6.88. The van der Waals surface area contributed by atoms with Gasteiger partial charge in [-0.1, -0.05) is 34.6 Å². The van der Waals surface area contributed by atoms with Gasteiger partial charge in [0.2, 0.25) is 0 Å². The van der Waals surface area contributed by atoms with Gasteiger partial charge in [-0.05, 0) is 50.5 Å². The molecule has 0 aliphatic heterocycles. The summed E-state index contributed by atoms with van der Waals surface area (Å²) < 4.78 is 0. The molecule has 0 spiro atoms. The van der Waals surface area contributed by atoms with E-state index in [9.17, 15) is 0 Å². The molecular formula is C16H34N2. The molecule has 18 heavy (non-hydrogen) atoms. The first-order chi connectivity index (χ1) is 8.30.